The normalized spacial score (nSPS) is 18.4. The molecule has 122 valence electrons. The van der Waals surface area contributed by atoms with Crippen molar-refractivity contribution in [1.29, 1.82) is 0 Å². The lowest BCUT2D eigenvalue weighted by atomic mass is 9.85. The lowest BCUT2D eigenvalue weighted by molar-refractivity contribution is -0.127. The van der Waals surface area contributed by atoms with Crippen molar-refractivity contribution in [2.45, 2.75) is 45.4 Å². The van der Waals surface area contributed by atoms with Crippen molar-refractivity contribution in [2.24, 2.45) is 5.92 Å². The van der Waals surface area contributed by atoms with Crippen LogP contribution in [0.1, 0.15) is 36.5 Å². The second-order valence-corrected chi connectivity index (χ2v) is 6.48. The van der Waals surface area contributed by atoms with E-state index in [0.29, 0.717) is 6.54 Å². The van der Waals surface area contributed by atoms with Gasteiger partial charge in [-0.2, -0.15) is 0 Å². The van der Waals surface area contributed by atoms with Crippen molar-refractivity contribution >= 4 is 5.91 Å². The Hall–Kier alpha value is -2.08. The van der Waals surface area contributed by atoms with Crippen LogP contribution in [0.15, 0.2) is 29.0 Å². The fraction of sp³-hybridized carbons (Fsp3) is 0.529. The summed E-state index contributed by atoms with van der Waals surface area (Å²) < 4.78 is 7.61. The highest BCUT2D eigenvalue weighted by atomic mass is 16.3. The summed E-state index contributed by atoms with van der Waals surface area (Å²) >= 11 is 0. The molecule has 0 atom stereocenters. The highest BCUT2D eigenvalue weighted by Crippen LogP contribution is 2.26. The fourth-order valence-corrected chi connectivity index (χ4v) is 3.20. The molecule has 1 saturated carbocycles. The summed E-state index contributed by atoms with van der Waals surface area (Å²) in [5.41, 5.74) is 0.951. The number of aromatic nitrogens is 2. The van der Waals surface area contributed by atoms with E-state index in [4.69, 9.17) is 4.42 Å². The molecule has 0 unspecified atom stereocenters. The van der Waals surface area contributed by atoms with E-state index in [1.807, 2.05) is 12.1 Å². The van der Waals surface area contributed by atoms with Crippen LogP contribution in [-0.4, -0.2) is 26.9 Å². The van der Waals surface area contributed by atoms with Crippen LogP contribution < -0.4 is 5.32 Å². The molecule has 2 aliphatic rings. The van der Waals surface area contributed by atoms with E-state index in [2.05, 4.69) is 26.0 Å². The van der Waals surface area contributed by atoms with Gasteiger partial charge >= 0.3 is 0 Å². The van der Waals surface area contributed by atoms with E-state index < -0.39 is 0 Å². The smallest absolute Gasteiger partial charge is 0.223 e. The predicted molar refractivity (Wildman–Crippen MR) is 84.2 cm³/mol. The van der Waals surface area contributed by atoms with Crippen molar-refractivity contribution in [3.63, 3.8) is 0 Å². The second-order valence-electron chi connectivity index (χ2n) is 6.48. The third-order valence-corrected chi connectivity index (χ3v) is 4.81. The Kier molecular flexibility index (Phi) is 3.91. The van der Waals surface area contributed by atoms with Gasteiger partial charge in [-0.1, -0.05) is 6.42 Å². The summed E-state index contributed by atoms with van der Waals surface area (Å²) in [6.07, 6.45) is 7.03. The van der Waals surface area contributed by atoms with E-state index in [-0.39, 0.29) is 11.8 Å². The minimum Gasteiger partial charge on any atom is -0.468 e. The van der Waals surface area contributed by atoms with E-state index in [1.165, 1.54) is 6.42 Å². The Bertz CT molecular complexity index is 673. The summed E-state index contributed by atoms with van der Waals surface area (Å²) in [6.45, 7) is 4.08. The number of fused-ring (bicyclic) bond motifs is 1. The first-order chi connectivity index (χ1) is 11.3. The average Bonchev–Trinajstić information content (AvgIpc) is 3.12. The molecule has 0 bridgehead atoms. The number of carbonyl (C=O) groups excluding carboxylic acids is 1. The van der Waals surface area contributed by atoms with Crippen LogP contribution in [0.3, 0.4) is 0 Å². The Morgan fingerprint density at radius 2 is 2.30 bits per heavy atom. The number of amides is 1. The molecule has 3 heterocycles. The first-order valence-corrected chi connectivity index (χ1v) is 8.35. The molecule has 1 aliphatic carbocycles. The largest absolute Gasteiger partial charge is 0.468 e. The third-order valence-electron chi connectivity index (χ3n) is 4.81. The van der Waals surface area contributed by atoms with Gasteiger partial charge in [0.1, 0.15) is 11.6 Å². The zero-order valence-corrected chi connectivity index (χ0v) is 13.2. The lowest BCUT2D eigenvalue weighted by Crippen LogP contribution is -2.34. The number of nitrogens with one attached hydrogen (secondary N) is 1. The highest BCUT2D eigenvalue weighted by Gasteiger charge is 2.25. The van der Waals surface area contributed by atoms with Gasteiger partial charge in [-0.25, -0.2) is 4.98 Å². The SMILES string of the molecule is O=C(NCc1cn2c(n1)CN(Cc1ccco1)CC2)C1CCC1. The van der Waals surface area contributed by atoms with Gasteiger partial charge in [0.05, 0.1) is 31.6 Å². The molecule has 1 aliphatic heterocycles. The summed E-state index contributed by atoms with van der Waals surface area (Å²) in [5, 5.41) is 3.01. The maximum Gasteiger partial charge on any atom is 0.223 e. The Morgan fingerprint density at radius 3 is 3.04 bits per heavy atom. The number of furan rings is 1. The molecular weight excluding hydrogens is 292 g/mol. The number of rotatable bonds is 5. The van der Waals surface area contributed by atoms with Crippen molar-refractivity contribution in [3.8, 4) is 0 Å². The second kappa shape index (κ2) is 6.20. The molecule has 6 heteroatoms. The van der Waals surface area contributed by atoms with E-state index in [1.54, 1.807) is 6.26 Å². The van der Waals surface area contributed by atoms with Gasteiger partial charge in [-0.3, -0.25) is 9.69 Å². The number of imidazole rings is 1. The molecular formula is C17H22N4O2. The Balaban J connectivity index is 1.34. The number of hydrogen-bond donors (Lipinski definition) is 1. The number of nitrogens with zero attached hydrogens (tertiary/aromatic N) is 3. The minimum atomic E-state index is 0.182. The van der Waals surface area contributed by atoms with Gasteiger partial charge in [-0.15, -0.1) is 0 Å². The van der Waals surface area contributed by atoms with Gasteiger partial charge in [0.15, 0.2) is 0 Å². The molecule has 0 radical (unpaired) electrons. The number of carbonyl (C=O) groups is 1. The molecule has 0 aromatic carbocycles. The van der Waals surface area contributed by atoms with Gasteiger partial charge in [0.2, 0.25) is 5.91 Å². The van der Waals surface area contributed by atoms with Crippen LogP contribution in [0.4, 0.5) is 0 Å². The zero-order chi connectivity index (χ0) is 15.6. The molecule has 2 aromatic rings. The molecule has 1 fully saturated rings. The van der Waals surface area contributed by atoms with Gasteiger partial charge in [0.25, 0.3) is 0 Å². The molecule has 0 saturated heterocycles. The minimum absolute atomic E-state index is 0.182. The van der Waals surface area contributed by atoms with Crippen LogP contribution in [0.5, 0.6) is 0 Å². The van der Waals surface area contributed by atoms with Gasteiger partial charge in [0, 0.05) is 25.2 Å². The first-order valence-electron chi connectivity index (χ1n) is 8.35. The van der Waals surface area contributed by atoms with Crippen LogP contribution in [0, 0.1) is 5.92 Å². The lowest BCUT2D eigenvalue weighted by Gasteiger charge is -2.26. The van der Waals surface area contributed by atoms with Crippen LogP contribution in [0.25, 0.3) is 0 Å². The molecule has 1 N–H and O–H groups in total. The highest BCUT2D eigenvalue weighted by molar-refractivity contribution is 5.79. The summed E-state index contributed by atoms with van der Waals surface area (Å²) in [6, 6.07) is 3.92. The van der Waals surface area contributed by atoms with Crippen molar-refractivity contribution in [2.75, 3.05) is 6.54 Å². The third kappa shape index (κ3) is 3.17. The maximum atomic E-state index is 11.9. The van der Waals surface area contributed by atoms with E-state index >= 15 is 0 Å². The molecule has 23 heavy (non-hydrogen) atoms. The van der Waals surface area contributed by atoms with Crippen LogP contribution in [0.2, 0.25) is 0 Å². The number of hydrogen-bond acceptors (Lipinski definition) is 4. The zero-order valence-electron chi connectivity index (χ0n) is 13.2. The van der Waals surface area contributed by atoms with Gasteiger partial charge < -0.3 is 14.3 Å². The topological polar surface area (TPSA) is 63.3 Å². The maximum absolute atomic E-state index is 11.9. The van der Waals surface area contributed by atoms with Crippen molar-refractivity contribution in [3.05, 3.63) is 41.9 Å². The predicted octanol–water partition coefficient (Wildman–Crippen LogP) is 1.91. The van der Waals surface area contributed by atoms with E-state index in [0.717, 1.165) is 56.3 Å². The molecule has 0 spiro atoms. The Labute approximate surface area is 135 Å². The average molecular weight is 314 g/mol. The van der Waals surface area contributed by atoms with E-state index in [9.17, 15) is 4.79 Å². The molecule has 6 nitrogen and oxygen atoms in total. The fourth-order valence-electron chi connectivity index (χ4n) is 3.20. The molecule has 1 amide bonds. The summed E-state index contributed by atoms with van der Waals surface area (Å²) in [7, 11) is 0. The summed E-state index contributed by atoms with van der Waals surface area (Å²) in [5.74, 6) is 2.46. The molecule has 2 aromatic heterocycles. The quantitative estimate of drug-likeness (QED) is 0.915. The standard InChI is InChI=1S/C17H22N4O2/c22-17(13-3-1-4-13)18-9-14-10-21-7-6-20(12-16(21)19-14)11-15-5-2-8-23-15/h2,5,8,10,13H,1,3-4,6-7,9,11-12H2,(H,18,22). The van der Waals surface area contributed by atoms with Crippen LogP contribution >= 0.6 is 0 Å². The van der Waals surface area contributed by atoms with Crippen molar-refractivity contribution in [1.82, 2.24) is 19.8 Å². The van der Waals surface area contributed by atoms with Crippen LogP contribution in [-0.2, 0) is 31.0 Å². The first kappa shape index (κ1) is 14.5. The molecule has 4 rings (SSSR count). The van der Waals surface area contributed by atoms with Crippen molar-refractivity contribution < 1.29 is 9.21 Å². The summed E-state index contributed by atoms with van der Waals surface area (Å²) in [4.78, 5) is 18.9. The van der Waals surface area contributed by atoms with Gasteiger partial charge in [-0.05, 0) is 25.0 Å². The Morgan fingerprint density at radius 1 is 1.39 bits per heavy atom. The monoisotopic (exact) mass is 314 g/mol.